The summed E-state index contributed by atoms with van der Waals surface area (Å²) in [5.41, 5.74) is 3.39. The van der Waals surface area contributed by atoms with E-state index in [4.69, 9.17) is 0 Å². The molecule has 2 unspecified atom stereocenters. The molecule has 0 aliphatic carbocycles. The average Bonchev–Trinajstić information content (AvgIpc) is 3.19. The molecule has 0 saturated carbocycles. The Morgan fingerprint density at radius 1 is 0.346 bits per heavy atom. The van der Waals surface area contributed by atoms with E-state index >= 15 is 4.79 Å². The van der Waals surface area contributed by atoms with E-state index in [-0.39, 0.29) is 6.03 Å². The lowest BCUT2D eigenvalue weighted by atomic mass is 9.75. The molecular weight excluding hydrogens is 768 g/mol. The summed E-state index contributed by atoms with van der Waals surface area (Å²) in [6.45, 7) is 0. The number of rotatable bonds is 8. The lowest BCUT2D eigenvalue weighted by Gasteiger charge is -2.41. The number of benzene rings is 8. The summed E-state index contributed by atoms with van der Waals surface area (Å²) in [5, 5.41) is 11.6. The fourth-order valence-electron chi connectivity index (χ4n) is 7.47. The summed E-state index contributed by atoms with van der Waals surface area (Å²) in [4.78, 5) is 15.4. The van der Waals surface area contributed by atoms with Crippen molar-refractivity contribution in [1.82, 2.24) is 10.6 Å². The van der Waals surface area contributed by atoms with E-state index in [1.807, 2.05) is 84.9 Å². The molecule has 2 amide bonds. The third-order valence-electron chi connectivity index (χ3n) is 9.90. The topological polar surface area (TPSA) is 41.1 Å². The summed E-state index contributed by atoms with van der Waals surface area (Å²) < 4.78 is 1.83. The second-order valence-electron chi connectivity index (χ2n) is 13.0. The molecular formula is C47H34Br2N2O. The molecule has 5 heteroatoms. The zero-order chi connectivity index (χ0) is 35.5. The normalized spacial score (nSPS) is 13.6. The van der Waals surface area contributed by atoms with Gasteiger partial charge in [0.2, 0.25) is 0 Å². The van der Waals surface area contributed by atoms with Crippen LogP contribution in [0.25, 0.3) is 21.5 Å². The van der Waals surface area contributed by atoms with E-state index in [1.54, 1.807) is 0 Å². The first-order valence-electron chi connectivity index (χ1n) is 17.2. The van der Waals surface area contributed by atoms with Gasteiger partial charge in [0.1, 0.15) is 11.1 Å². The minimum Gasteiger partial charge on any atom is -0.320 e. The van der Waals surface area contributed by atoms with Gasteiger partial charge < -0.3 is 10.6 Å². The molecule has 252 valence electrons. The van der Waals surface area contributed by atoms with Gasteiger partial charge in [0, 0.05) is 8.95 Å². The molecule has 8 rings (SSSR count). The van der Waals surface area contributed by atoms with Crippen LogP contribution in [-0.4, -0.2) is 6.03 Å². The molecule has 8 aromatic rings. The van der Waals surface area contributed by atoms with Gasteiger partial charge in [0.05, 0.1) is 0 Å². The van der Waals surface area contributed by atoms with Crippen molar-refractivity contribution in [3.63, 3.8) is 0 Å². The van der Waals surface area contributed by atoms with Crippen molar-refractivity contribution in [3.05, 3.63) is 236 Å². The van der Waals surface area contributed by atoms with Crippen LogP contribution in [0.1, 0.15) is 33.4 Å². The van der Waals surface area contributed by atoms with E-state index in [0.29, 0.717) is 0 Å². The molecule has 2 atom stereocenters. The number of amides is 2. The van der Waals surface area contributed by atoms with Gasteiger partial charge in [-0.25, -0.2) is 4.79 Å². The maximum atomic E-state index is 15.4. The van der Waals surface area contributed by atoms with Gasteiger partial charge in [-0.15, -0.1) is 0 Å². The largest absolute Gasteiger partial charge is 0.320 e. The third kappa shape index (κ3) is 6.21. The zero-order valence-electron chi connectivity index (χ0n) is 28.1. The lowest BCUT2D eigenvalue weighted by Crippen LogP contribution is -2.57. The Labute approximate surface area is 320 Å². The van der Waals surface area contributed by atoms with Gasteiger partial charge in [0.15, 0.2) is 0 Å². The van der Waals surface area contributed by atoms with Crippen molar-refractivity contribution in [2.75, 3.05) is 0 Å². The first kappa shape index (κ1) is 33.6. The van der Waals surface area contributed by atoms with E-state index in [2.05, 4.69) is 152 Å². The zero-order valence-corrected chi connectivity index (χ0v) is 31.3. The summed E-state index contributed by atoms with van der Waals surface area (Å²) in [6, 6.07) is 66.0. The highest BCUT2D eigenvalue weighted by molar-refractivity contribution is 9.10. The van der Waals surface area contributed by atoms with Gasteiger partial charge in [0.25, 0.3) is 0 Å². The highest BCUT2D eigenvalue weighted by atomic mass is 79.9. The van der Waals surface area contributed by atoms with Crippen LogP contribution in [0.5, 0.6) is 0 Å². The van der Waals surface area contributed by atoms with Crippen LogP contribution in [0.3, 0.4) is 0 Å². The minimum absolute atomic E-state index is 0.339. The molecule has 0 spiro atoms. The van der Waals surface area contributed by atoms with E-state index in [1.165, 1.54) is 0 Å². The van der Waals surface area contributed by atoms with Crippen LogP contribution in [0.2, 0.25) is 0 Å². The molecule has 0 aromatic heterocycles. The summed E-state index contributed by atoms with van der Waals surface area (Å²) in [7, 11) is 0. The molecule has 8 aromatic carbocycles. The van der Waals surface area contributed by atoms with Crippen LogP contribution >= 0.6 is 31.9 Å². The Balaban J connectivity index is 1.37. The fraction of sp³-hybridized carbons (Fsp3) is 0.0426. The monoisotopic (exact) mass is 800 g/mol. The number of fused-ring (bicyclic) bond motifs is 2. The maximum absolute atomic E-state index is 15.4. The molecule has 0 radical (unpaired) electrons. The second-order valence-corrected chi connectivity index (χ2v) is 14.8. The van der Waals surface area contributed by atoms with Crippen molar-refractivity contribution < 1.29 is 4.79 Å². The Bertz CT molecular complexity index is 2360. The Morgan fingerprint density at radius 3 is 1.10 bits per heavy atom. The van der Waals surface area contributed by atoms with Gasteiger partial charge in [-0.1, -0.05) is 190 Å². The van der Waals surface area contributed by atoms with Gasteiger partial charge in [-0.2, -0.15) is 0 Å². The Hall–Kier alpha value is -5.49. The maximum Gasteiger partial charge on any atom is 0.317 e. The SMILES string of the molecule is O=C(NC(c1ccccc1)(c1cccc(Br)c1)c1ccc2ccccc2c1)NC(c1ccccc1)(c1cccc(Br)c1)c1ccc2ccccc2c1. The molecule has 3 nitrogen and oxygen atoms in total. The van der Waals surface area contributed by atoms with Crippen molar-refractivity contribution in [1.29, 1.82) is 0 Å². The first-order chi connectivity index (χ1) is 25.5. The van der Waals surface area contributed by atoms with Crippen molar-refractivity contribution in [2.45, 2.75) is 11.1 Å². The predicted molar refractivity (Wildman–Crippen MR) is 220 cm³/mol. The Morgan fingerprint density at radius 2 is 0.692 bits per heavy atom. The first-order valence-corrected chi connectivity index (χ1v) is 18.8. The quantitative estimate of drug-likeness (QED) is 0.148. The second kappa shape index (κ2) is 14.3. The smallest absolute Gasteiger partial charge is 0.317 e. The minimum atomic E-state index is -1.08. The van der Waals surface area contributed by atoms with Crippen LogP contribution in [0, 0.1) is 0 Å². The van der Waals surface area contributed by atoms with Crippen molar-refractivity contribution >= 4 is 59.4 Å². The van der Waals surface area contributed by atoms with Crippen LogP contribution < -0.4 is 10.6 Å². The van der Waals surface area contributed by atoms with E-state index in [0.717, 1.165) is 63.9 Å². The number of carbonyl (C=O) groups is 1. The number of nitrogens with one attached hydrogen (secondary N) is 2. The number of hydrogen-bond donors (Lipinski definition) is 2. The molecule has 0 fully saturated rings. The fourth-order valence-corrected chi connectivity index (χ4v) is 8.27. The number of halogens is 2. The van der Waals surface area contributed by atoms with Crippen molar-refractivity contribution in [2.24, 2.45) is 0 Å². The lowest BCUT2D eigenvalue weighted by molar-refractivity contribution is 0.227. The Kier molecular flexibility index (Phi) is 9.23. The molecule has 0 aliphatic heterocycles. The van der Waals surface area contributed by atoms with Gasteiger partial charge >= 0.3 is 6.03 Å². The summed E-state index contributed by atoms with van der Waals surface area (Å²) >= 11 is 7.48. The summed E-state index contributed by atoms with van der Waals surface area (Å²) in [6.07, 6.45) is 0. The summed E-state index contributed by atoms with van der Waals surface area (Å²) in [5.74, 6) is 0. The standard InChI is InChI=1S/C47H34Br2N2O/c48-43-23-11-21-39(31-43)46(37-17-3-1-4-18-37,41-27-25-33-13-7-9-15-35(33)29-41)50-45(52)51-47(38-19-5-2-6-20-38,40-22-12-24-44(49)32-40)42-28-26-34-14-8-10-16-36(34)30-42/h1-32H,(H2,50,51,52). The third-order valence-corrected chi connectivity index (χ3v) is 10.9. The highest BCUT2D eigenvalue weighted by Gasteiger charge is 2.43. The molecule has 0 saturated heterocycles. The molecule has 0 aliphatic rings. The van der Waals surface area contributed by atoms with Crippen LogP contribution in [0.15, 0.2) is 203 Å². The van der Waals surface area contributed by atoms with Crippen molar-refractivity contribution in [3.8, 4) is 0 Å². The molecule has 52 heavy (non-hydrogen) atoms. The number of hydrogen-bond acceptors (Lipinski definition) is 1. The highest BCUT2D eigenvalue weighted by Crippen LogP contribution is 2.42. The number of urea groups is 1. The van der Waals surface area contributed by atoms with Gasteiger partial charge in [-0.05, 0) is 91.3 Å². The average molecular weight is 803 g/mol. The number of carbonyl (C=O) groups excluding carboxylic acids is 1. The molecule has 0 heterocycles. The van der Waals surface area contributed by atoms with Crippen LogP contribution in [0.4, 0.5) is 4.79 Å². The van der Waals surface area contributed by atoms with Gasteiger partial charge in [-0.3, -0.25) is 0 Å². The van der Waals surface area contributed by atoms with Crippen LogP contribution in [-0.2, 0) is 11.1 Å². The predicted octanol–water partition coefficient (Wildman–Crippen LogP) is 12.1. The molecule has 0 bridgehead atoms. The molecule has 2 N–H and O–H groups in total. The van der Waals surface area contributed by atoms with E-state index < -0.39 is 11.1 Å². The van der Waals surface area contributed by atoms with E-state index in [9.17, 15) is 0 Å².